The zero-order valence-corrected chi connectivity index (χ0v) is 12.8. The van der Waals surface area contributed by atoms with Gasteiger partial charge in [-0.15, -0.1) is 11.3 Å². The molecule has 7 heteroatoms. The van der Waals surface area contributed by atoms with E-state index in [9.17, 15) is 9.59 Å². The molecule has 1 saturated heterocycles. The fraction of sp³-hybridized carbons (Fsp3) is 0.500. The third kappa shape index (κ3) is 3.07. The van der Waals surface area contributed by atoms with Crippen LogP contribution in [0.25, 0.3) is 4.96 Å². The molecule has 0 aliphatic carbocycles. The molecule has 0 atom stereocenters. The summed E-state index contributed by atoms with van der Waals surface area (Å²) in [5.74, 6) is 0.171. The molecule has 6 nitrogen and oxygen atoms in total. The van der Waals surface area contributed by atoms with Gasteiger partial charge in [0.25, 0.3) is 0 Å². The molecule has 1 fully saturated rings. The number of fused-ring (bicyclic) bond motifs is 1. The van der Waals surface area contributed by atoms with Gasteiger partial charge in [0, 0.05) is 50.9 Å². The number of amides is 2. The van der Waals surface area contributed by atoms with Crippen molar-refractivity contribution in [3.05, 3.63) is 23.5 Å². The van der Waals surface area contributed by atoms with Gasteiger partial charge in [-0.1, -0.05) is 0 Å². The van der Waals surface area contributed by atoms with Gasteiger partial charge >= 0.3 is 0 Å². The average molecular weight is 306 g/mol. The molecule has 0 saturated carbocycles. The Hall–Kier alpha value is -1.89. The van der Waals surface area contributed by atoms with Gasteiger partial charge in [0.1, 0.15) is 0 Å². The van der Waals surface area contributed by atoms with Gasteiger partial charge < -0.3 is 9.80 Å². The highest BCUT2D eigenvalue weighted by molar-refractivity contribution is 7.15. The summed E-state index contributed by atoms with van der Waals surface area (Å²) in [4.78, 5) is 32.8. The highest BCUT2D eigenvalue weighted by atomic mass is 32.1. The molecule has 0 unspecified atom stereocenters. The summed E-state index contributed by atoms with van der Waals surface area (Å²) in [5, 5.41) is 1.97. The number of carbonyl (C=O) groups is 2. The molecule has 0 radical (unpaired) electrons. The molecule has 1 aliphatic heterocycles. The zero-order valence-electron chi connectivity index (χ0n) is 12.0. The molecule has 112 valence electrons. The minimum absolute atomic E-state index is 0.0821. The van der Waals surface area contributed by atoms with Gasteiger partial charge in [-0.25, -0.2) is 4.98 Å². The Labute approximate surface area is 127 Å². The van der Waals surface area contributed by atoms with E-state index in [-0.39, 0.29) is 11.8 Å². The van der Waals surface area contributed by atoms with Crippen molar-refractivity contribution >= 4 is 28.1 Å². The van der Waals surface area contributed by atoms with Crippen LogP contribution >= 0.6 is 11.3 Å². The first-order valence-electron chi connectivity index (χ1n) is 7.08. The largest absolute Gasteiger partial charge is 0.341 e. The number of hydrogen-bond acceptors (Lipinski definition) is 4. The van der Waals surface area contributed by atoms with E-state index in [4.69, 9.17) is 0 Å². The Morgan fingerprint density at radius 3 is 2.76 bits per heavy atom. The summed E-state index contributed by atoms with van der Waals surface area (Å²) in [7, 11) is 0. The second-order valence-corrected chi connectivity index (χ2v) is 6.12. The third-order valence-electron chi connectivity index (χ3n) is 3.77. The minimum Gasteiger partial charge on any atom is -0.341 e. The Balaban J connectivity index is 1.62. The molecule has 2 aromatic rings. The number of aromatic nitrogens is 2. The molecule has 3 rings (SSSR count). The summed E-state index contributed by atoms with van der Waals surface area (Å²) in [5.41, 5.74) is 0.805. The molecule has 0 aromatic carbocycles. The number of hydrogen-bond donors (Lipinski definition) is 0. The van der Waals surface area contributed by atoms with Crippen LogP contribution in [0.3, 0.4) is 0 Å². The predicted octanol–water partition coefficient (Wildman–Crippen LogP) is 1.02. The normalized spacial score (nSPS) is 16.2. The molecule has 1 aliphatic rings. The lowest BCUT2D eigenvalue weighted by Gasteiger charge is -2.21. The number of carbonyl (C=O) groups excluding carboxylic acids is 2. The molecule has 21 heavy (non-hydrogen) atoms. The van der Waals surface area contributed by atoms with Crippen LogP contribution in [0.2, 0.25) is 0 Å². The first kappa shape index (κ1) is 14.1. The van der Waals surface area contributed by atoms with Crippen molar-refractivity contribution in [2.75, 3.05) is 26.2 Å². The lowest BCUT2D eigenvalue weighted by molar-refractivity contribution is -0.132. The Bertz CT molecular complexity index is 634. The van der Waals surface area contributed by atoms with Crippen LogP contribution in [0.4, 0.5) is 0 Å². The maximum Gasteiger partial charge on any atom is 0.228 e. The van der Waals surface area contributed by atoms with Gasteiger partial charge in [-0.3, -0.25) is 14.0 Å². The van der Waals surface area contributed by atoms with Crippen molar-refractivity contribution in [2.45, 2.75) is 19.8 Å². The standard InChI is InChI=1S/C14H18N4O2S/c1-11(19)16-3-2-4-17(6-5-16)13(20)9-12-10-18-7-8-21-14(18)15-12/h7-8,10H,2-6,9H2,1H3. The van der Waals surface area contributed by atoms with E-state index in [0.29, 0.717) is 26.1 Å². The van der Waals surface area contributed by atoms with Crippen LogP contribution in [0.15, 0.2) is 17.8 Å². The monoisotopic (exact) mass is 306 g/mol. The quantitative estimate of drug-likeness (QED) is 0.832. The van der Waals surface area contributed by atoms with Crippen LogP contribution in [0.5, 0.6) is 0 Å². The Kier molecular flexibility index (Phi) is 3.92. The fourth-order valence-corrected chi connectivity index (χ4v) is 3.33. The molecular weight excluding hydrogens is 288 g/mol. The number of thiazole rings is 1. The van der Waals surface area contributed by atoms with Crippen LogP contribution in [-0.2, 0) is 16.0 Å². The molecule has 2 amide bonds. The maximum atomic E-state index is 12.4. The van der Waals surface area contributed by atoms with E-state index in [1.54, 1.807) is 23.2 Å². The van der Waals surface area contributed by atoms with E-state index in [2.05, 4.69) is 4.98 Å². The molecular formula is C14H18N4O2S. The van der Waals surface area contributed by atoms with E-state index in [1.165, 1.54) is 0 Å². The van der Waals surface area contributed by atoms with Crippen molar-refractivity contribution in [1.29, 1.82) is 0 Å². The topological polar surface area (TPSA) is 57.9 Å². The third-order valence-corrected chi connectivity index (χ3v) is 4.54. The summed E-state index contributed by atoms with van der Waals surface area (Å²) in [6, 6.07) is 0. The maximum absolute atomic E-state index is 12.4. The smallest absolute Gasteiger partial charge is 0.228 e. The van der Waals surface area contributed by atoms with E-state index in [0.717, 1.165) is 23.6 Å². The van der Waals surface area contributed by atoms with Crippen molar-refractivity contribution in [1.82, 2.24) is 19.2 Å². The molecule has 0 spiro atoms. The Morgan fingerprint density at radius 1 is 1.24 bits per heavy atom. The van der Waals surface area contributed by atoms with Crippen molar-refractivity contribution < 1.29 is 9.59 Å². The number of nitrogens with zero attached hydrogens (tertiary/aromatic N) is 4. The van der Waals surface area contributed by atoms with Crippen molar-refractivity contribution in [3.63, 3.8) is 0 Å². The minimum atomic E-state index is 0.0821. The summed E-state index contributed by atoms with van der Waals surface area (Å²) < 4.78 is 1.94. The zero-order chi connectivity index (χ0) is 14.8. The number of imidazole rings is 1. The molecule has 3 heterocycles. The SMILES string of the molecule is CC(=O)N1CCCN(C(=O)Cc2cn3ccsc3n2)CC1. The highest BCUT2D eigenvalue weighted by Crippen LogP contribution is 2.13. The lowest BCUT2D eigenvalue weighted by atomic mass is 10.3. The van der Waals surface area contributed by atoms with E-state index >= 15 is 0 Å². The van der Waals surface area contributed by atoms with Crippen LogP contribution in [0, 0.1) is 0 Å². The molecule has 2 aromatic heterocycles. The number of rotatable bonds is 2. The average Bonchev–Trinajstić information content (AvgIpc) is 2.91. The lowest BCUT2D eigenvalue weighted by Crippen LogP contribution is -2.37. The van der Waals surface area contributed by atoms with Crippen LogP contribution < -0.4 is 0 Å². The van der Waals surface area contributed by atoms with E-state index < -0.39 is 0 Å². The van der Waals surface area contributed by atoms with Gasteiger partial charge in [-0.05, 0) is 6.42 Å². The van der Waals surface area contributed by atoms with Gasteiger partial charge in [-0.2, -0.15) is 0 Å². The van der Waals surface area contributed by atoms with Gasteiger partial charge in [0.05, 0.1) is 12.1 Å². The van der Waals surface area contributed by atoms with E-state index in [1.807, 2.05) is 27.1 Å². The molecule has 0 N–H and O–H groups in total. The summed E-state index contributed by atoms with van der Waals surface area (Å²) in [6.07, 6.45) is 5.01. The van der Waals surface area contributed by atoms with Crippen LogP contribution in [0.1, 0.15) is 19.0 Å². The molecule has 0 bridgehead atoms. The highest BCUT2D eigenvalue weighted by Gasteiger charge is 2.21. The second-order valence-electron chi connectivity index (χ2n) is 5.24. The van der Waals surface area contributed by atoms with Crippen molar-refractivity contribution in [2.24, 2.45) is 0 Å². The van der Waals surface area contributed by atoms with Gasteiger partial charge in [0.15, 0.2) is 4.96 Å². The summed E-state index contributed by atoms with van der Waals surface area (Å²) >= 11 is 1.56. The summed E-state index contributed by atoms with van der Waals surface area (Å²) in [6.45, 7) is 4.26. The second kappa shape index (κ2) is 5.85. The predicted molar refractivity (Wildman–Crippen MR) is 80.2 cm³/mol. The Morgan fingerprint density at radius 2 is 2.00 bits per heavy atom. The van der Waals surface area contributed by atoms with Crippen LogP contribution in [-0.4, -0.2) is 57.2 Å². The van der Waals surface area contributed by atoms with Gasteiger partial charge in [0.2, 0.25) is 11.8 Å². The fourth-order valence-electron chi connectivity index (χ4n) is 2.61. The van der Waals surface area contributed by atoms with Crippen molar-refractivity contribution in [3.8, 4) is 0 Å². The first-order chi connectivity index (χ1) is 10.1. The first-order valence-corrected chi connectivity index (χ1v) is 7.96.